The number of amides is 1. The van der Waals surface area contributed by atoms with Gasteiger partial charge in [-0.15, -0.1) is 0 Å². The first-order valence-corrected chi connectivity index (χ1v) is 5.86. The normalized spacial score (nSPS) is 23.1. The minimum Gasteiger partial charge on any atom is -0.481 e. The molecule has 1 fully saturated rings. The van der Waals surface area contributed by atoms with Gasteiger partial charge in [0.25, 0.3) is 5.91 Å². The fourth-order valence-corrected chi connectivity index (χ4v) is 2.14. The predicted octanol–water partition coefficient (Wildman–Crippen LogP) is 0.923. The van der Waals surface area contributed by atoms with Crippen molar-refractivity contribution in [2.24, 2.45) is 11.8 Å². The summed E-state index contributed by atoms with van der Waals surface area (Å²) in [7, 11) is 0. The molecule has 6 nitrogen and oxygen atoms in total. The van der Waals surface area contributed by atoms with Gasteiger partial charge >= 0.3 is 5.97 Å². The molecular weight excluding hydrogens is 258 g/mol. The van der Waals surface area contributed by atoms with Crippen molar-refractivity contribution in [2.75, 3.05) is 13.1 Å². The first kappa shape index (κ1) is 12.8. The second-order valence-electron chi connectivity index (χ2n) is 4.36. The monoisotopic (exact) mass is 269 g/mol. The molecule has 0 aromatic carbocycles. The summed E-state index contributed by atoms with van der Waals surface area (Å²) in [5, 5.41) is 9.22. The molecule has 2 rings (SSSR count). The van der Waals surface area contributed by atoms with E-state index in [0.717, 1.165) is 0 Å². The van der Waals surface area contributed by atoms with Crippen LogP contribution in [0.4, 0.5) is 0 Å². The second kappa shape index (κ2) is 4.89. The Balaban J connectivity index is 2.12. The van der Waals surface area contributed by atoms with Crippen LogP contribution in [-0.2, 0) is 4.79 Å². The maximum Gasteiger partial charge on any atom is 0.308 e. The molecule has 0 bridgehead atoms. The number of hydrogen-bond acceptors (Lipinski definition) is 4. The van der Waals surface area contributed by atoms with Gasteiger partial charge in [-0.25, -0.2) is 9.97 Å². The van der Waals surface area contributed by atoms with Crippen molar-refractivity contribution in [3.05, 3.63) is 23.2 Å². The average molecular weight is 270 g/mol. The van der Waals surface area contributed by atoms with Gasteiger partial charge in [-0.1, -0.05) is 18.5 Å². The van der Waals surface area contributed by atoms with E-state index in [9.17, 15) is 9.59 Å². The van der Waals surface area contributed by atoms with E-state index in [1.165, 1.54) is 17.3 Å². The Labute approximate surface area is 109 Å². The van der Waals surface area contributed by atoms with Crippen LogP contribution in [0.25, 0.3) is 0 Å². The summed E-state index contributed by atoms with van der Waals surface area (Å²) in [4.78, 5) is 32.2. The van der Waals surface area contributed by atoms with Crippen LogP contribution in [0.5, 0.6) is 0 Å². The molecule has 18 heavy (non-hydrogen) atoms. The zero-order valence-corrected chi connectivity index (χ0v) is 10.5. The lowest BCUT2D eigenvalue weighted by Gasteiger charge is -2.14. The number of hydrogen-bond donors (Lipinski definition) is 1. The maximum atomic E-state index is 12.1. The fourth-order valence-electron chi connectivity index (χ4n) is 2.04. The zero-order chi connectivity index (χ0) is 13.3. The average Bonchev–Trinajstić information content (AvgIpc) is 2.71. The number of carbonyl (C=O) groups is 2. The van der Waals surface area contributed by atoms with Crippen LogP contribution in [0.1, 0.15) is 17.4 Å². The third-order valence-corrected chi connectivity index (χ3v) is 3.25. The number of aromatic nitrogens is 2. The maximum absolute atomic E-state index is 12.1. The molecule has 7 heteroatoms. The van der Waals surface area contributed by atoms with Crippen molar-refractivity contribution in [2.45, 2.75) is 6.92 Å². The van der Waals surface area contributed by atoms with E-state index in [2.05, 4.69) is 9.97 Å². The molecule has 1 aliphatic heterocycles. The van der Waals surface area contributed by atoms with Crippen molar-refractivity contribution < 1.29 is 14.7 Å². The molecule has 1 aromatic rings. The molecule has 0 radical (unpaired) electrons. The Hall–Kier alpha value is -1.69. The lowest BCUT2D eigenvalue weighted by Crippen LogP contribution is -2.30. The Morgan fingerprint density at radius 3 is 2.61 bits per heavy atom. The quantitative estimate of drug-likeness (QED) is 0.863. The summed E-state index contributed by atoms with van der Waals surface area (Å²) in [6.07, 6.45) is 2.59. The van der Waals surface area contributed by atoms with Crippen molar-refractivity contribution in [3.63, 3.8) is 0 Å². The highest BCUT2D eigenvalue weighted by Gasteiger charge is 2.37. The summed E-state index contributed by atoms with van der Waals surface area (Å²) in [6, 6.07) is 0. The highest BCUT2D eigenvalue weighted by molar-refractivity contribution is 6.29. The lowest BCUT2D eigenvalue weighted by molar-refractivity contribution is -0.142. The molecule has 96 valence electrons. The number of rotatable bonds is 2. The van der Waals surface area contributed by atoms with Gasteiger partial charge in [-0.2, -0.15) is 0 Å². The van der Waals surface area contributed by atoms with Crippen molar-refractivity contribution >= 4 is 23.5 Å². The summed E-state index contributed by atoms with van der Waals surface area (Å²) < 4.78 is 0. The second-order valence-corrected chi connectivity index (χ2v) is 4.74. The van der Waals surface area contributed by atoms with Gasteiger partial charge in [0, 0.05) is 13.1 Å². The van der Waals surface area contributed by atoms with Crippen LogP contribution in [0.2, 0.25) is 5.15 Å². The van der Waals surface area contributed by atoms with E-state index < -0.39 is 11.9 Å². The highest BCUT2D eigenvalue weighted by Crippen LogP contribution is 2.24. The largest absolute Gasteiger partial charge is 0.481 e. The van der Waals surface area contributed by atoms with E-state index in [1.54, 1.807) is 0 Å². The van der Waals surface area contributed by atoms with Crippen LogP contribution in [-0.4, -0.2) is 44.9 Å². The van der Waals surface area contributed by atoms with Crippen LogP contribution in [0, 0.1) is 11.8 Å². The van der Waals surface area contributed by atoms with Crippen LogP contribution < -0.4 is 0 Å². The topological polar surface area (TPSA) is 83.4 Å². The third-order valence-electron chi connectivity index (χ3n) is 3.06. The fraction of sp³-hybridized carbons (Fsp3) is 0.455. The molecule has 1 saturated heterocycles. The van der Waals surface area contributed by atoms with Crippen LogP contribution in [0.3, 0.4) is 0 Å². The SMILES string of the molecule is C[C@@H]1CN(C(=O)c2cnc(Cl)cn2)C[C@H]1C(=O)O. The first-order chi connectivity index (χ1) is 8.49. The number of aliphatic carboxylic acids is 1. The van der Waals surface area contributed by atoms with Crippen molar-refractivity contribution in [1.82, 2.24) is 14.9 Å². The number of carboxylic acids is 1. The van der Waals surface area contributed by atoms with E-state index in [0.29, 0.717) is 6.54 Å². The molecule has 0 spiro atoms. The molecule has 2 atom stereocenters. The number of carboxylic acid groups (broad SMARTS) is 1. The number of nitrogens with zero attached hydrogens (tertiary/aromatic N) is 3. The Morgan fingerprint density at radius 2 is 2.11 bits per heavy atom. The van der Waals surface area contributed by atoms with Gasteiger partial charge in [-0.3, -0.25) is 9.59 Å². The Morgan fingerprint density at radius 1 is 1.39 bits per heavy atom. The van der Waals surface area contributed by atoms with Crippen LogP contribution >= 0.6 is 11.6 Å². The highest BCUT2D eigenvalue weighted by atomic mass is 35.5. The number of carbonyl (C=O) groups excluding carboxylic acids is 1. The van der Waals surface area contributed by atoms with Gasteiger partial charge in [0.15, 0.2) is 0 Å². The molecular formula is C11H12ClN3O3. The van der Waals surface area contributed by atoms with Crippen molar-refractivity contribution in [1.29, 1.82) is 0 Å². The first-order valence-electron chi connectivity index (χ1n) is 5.48. The van der Waals surface area contributed by atoms with E-state index in [1.807, 2.05) is 6.92 Å². The minimum absolute atomic E-state index is 0.0632. The Kier molecular flexibility index (Phi) is 3.47. The number of likely N-dealkylation sites (tertiary alicyclic amines) is 1. The van der Waals surface area contributed by atoms with Gasteiger partial charge < -0.3 is 10.0 Å². The zero-order valence-electron chi connectivity index (χ0n) is 9.71. The molecule has 1 N–H and O–H groups in total. The third kappa shape index (κ3) is 2.43. The minimum atomic E-state index is -0.875. The summed E-state index contributed by atoms with van der Waals surface area (Å²) in [6.45, 7) is 2.44. The van der Waals surface area contributed by atoms with Crippen molar-refractivity contribution in [3.8, 4) is 0 Å². The number of halogens is 1. The van der Waals surface area contributed by atoms with Gasteiger partial charge in [-0.05, 0) is 5.92 Å². The van der Waals surface area contributed by atoms with E-state index in [4.69, 9.17) is 16.7 Å². The lowest BCUT2D eigenvalue weighted by atomic mass is 9.99. The molecule has 1 aliphatic rings. The van der Waals surface area contributed by atoms with Crippen LogP contribution in [0.15, 0.2) is 12.4 Å². The van der Waals surface area contributed by atoms with Gasteiger partial charge in [0.05, 0.1) is 18.3 Å². The molecule has 1 amide bonds. The standard InChI is InChI=1S/C11H12ClN3O3/c1-6-4-15(5-7(6)11(17)18)10(16)8-2-14-9(12)3-13-8/h2-3,6-7H,4-5H2,1H3,(H,17,18)/t6-,7-/m1/s1. The molecule has 0 saturated carbocycles. The molecule has 0 unspecified atom stereocenters. The smallest absolute Gasteiger partial charge is 0.308 e. The predicted molar refractivity (Wildman–Crippen MR) is 63.2 cm³/mol. The Bertz CT molecular complexity index is 477. The summed E-state index contributed by atoms with van der Waals surface area (Å²) >= 11 is 5.59. The van der Waals surface area contributed by atoms with Gasteiger partial charge in [0.1, 0.15) is 10.8 Å². The molecule has 0 aliphatic carbocycles. The molecule has 1 aromatic heterocycles. The van der Waals surface area contributed by atoms with E-state index in [-0.39, 0.29) is 29.2 Å². The van der Waals surface area contributed by atoms with E-state index >= 15 is 0 Å². The summed E-state index contributed by atoms with van der Waals surface area (Å²) in [5.74, 6) is -1.77. The molecule has 2 heterocycles. The van der Waals surface area contributed by atoms with Gasteiger partial charge in [0.2, 0.25) is 0 Å². The summed E-state index contributed by atoms with van der Waals surface area (Å²) in [5.41, 5.74) is 0.178.